The lowest BCUT2D eigenvalue weighted by Gasteiger charge is -2.18. The summed E-state index contributed by atoms with van der Waals surface area (Å²) < 4.78 is 0. The molecule has 1 N–H and O–H groups in total. The Labute approximate surface area is 74.4 Å². The second-order valence-electron chi connectivity index (χ2n) is 3.43. The van der Waals surface area contributed by atoms with Gasteiger partial charge in [-0.3, -0.25) is 4.79 Å². The molecule has 0 saturated carbocycles. The molecule has 0 rings (SSSR count). The maximum atomic E-state index is 11.3. The van der Waals surface area contributed by atoms with Gasteiger partial charge < -0.3 is 10.0 Å². The van der Waals surface area contributed by atoms with Crippen molar-refractivity contribution in [1.82, 2.24) is 4.90 Å². The Hall–Kier alpha value is -0.570. The monoisotopic (exact) mass is 173 g/mol. The van der Waals surface area contributed by atoms with Gasteiger partial charge in [-0.05, 0) is 12.8 Å². The van der Waals surface area contributed by atoms with Gasteiger partial charge in [-0.25, -0.2) is 0 Å². The molecular weight excluding hydrogens is 154 g/mol. The number of rotatable bonds is 4. The summed E-state index contributed by atoms with van der Waals surface area (Å²) in [5, 5.41) is 9.29. The van der Waals surface area contributed by atoms with E-state index in [0.29, 0.717) is 12.8 Å². The fourth-order valence-corrected chi connectivity index (χ4v) is 1.12. The van der Waals surface area contributed by atoms with Crippen molar-refractivity contribution in [3.05, 3.63) is 0 Å². The molecule has 2 atom stereocenters. The molecular formula is C9H19NO2. The molecule has 3 heteroatoms. The van der Waals surface area contributed by atoms with Crippen molar-refractivity contribution in [2.24, 2.45) is 5.92 Å². The van der Waals surface area contributed by atoms with Gasteiger partial charge in [0.1, 0.15) is 0 Å². The maximum Gasteiger partial charge on any atom is 0.224 e. The second kappa shape index (κ2) is 5.14. The first kappa shape index (κ1) is 11.4. The zero-order chi connectivity index (χ0) is 9.72. The topological polar surface area (TPSA) is 40.5 Å². The SMILES string of the molecule is CC[C@H](O)C[C@@H](C)C(=O)N(C)C. The Kier molecular flexibility index (Phi) is 4.90. The number of nitrogens with zero attached hydrogens (tertiary/aromatic N) is 1. The summed E-state index contributed by atoms with van der Waals surface area (Å²) in [5.74, 6) is 0.0115. The Bertz CT molecular complexity index is 145. The molecule has 0 aliphatic rings. The van der Waals surface area contributed by atoms with Crippen LogP contribution in [0.25, 0.3) is 0 Å². The summed E-state index contributed by atoms with van der Waals surface area (Å²) >= 11 is 0. The summed E-state index contributed by atoms with van der Waals surface area (Å²) in [6.45, 7) is 3.76. The van der Waals surface area contributed by atoms with Gasteiger partial charge in [0.05, 0.1) is 6.10 Å². The van der Waals surface area contributed by atoms with Gasteiger partial charge >= 0.3 is 0 Å². The highest BCUT2D eigenvalue weighted by Gasteiger charge is 2.17. The van der Waals surface area contributed by atoms with Crippen LogP contribution in [-0.2, 0) is 4.79 Å². The summed E-state index contributed by atoms with van der Waals surface area (Å²) in [7, 11) is 3.47. The molecule has 0 saturated heterocycles. The Morgan fingerprint density at radius 3 is 2.33 bits per heavy atom. The highest BCUT2D eigenvalue weighted by atomic mass is 16.3. The number of hydrogen-bond donors (Lipinski definition) is 1. The van der Waals surface area contributed by atoms with Gasteiger partial charge in [-0.2, -0.15) is 0 Å². The molecule has 0 aromatic heterocycles. The molecule has 0 radical (unpaired) electrons. The van der Waals surface area contributed by atoms with Crippen molar-refractivity contribution in [3.63, 3.8) is 0 Å². The maximum absolute atomic E-state index is 11.3. The third kappa shape index (κ3) is 3.72. The second-order valence-corrected chi connectivity index (χ2v) is 3.43. The van der Waals surface area contributed by atoms with Crippen molar-refractivity contribution in [2.75, 3.05) is 14.1 Å². The van der Waals surface area contributed by atoms with E-state index in [0.717, 1.165) is 0 Å². The standard InChI is InChI=1S/C9H19NO2/c1-5-8(11)6-7(2)9(12)10(3)4/h7-8,11H,5-6H2,1-4H3/t7-,8+/m1/s1. The Morgan fingerprint density at radius 1 is 1.50 bits per heavy atom. The minimum Gasteiger partial charge on any atom is -0.393 e. The third-order valence-electron chi connectivity index (χ3n) is 1.96. The molecule has 72 valence electrons. The lowest BCUT2D eigenvalue weighted by Crippen LogP contribution is -2.30. The predicted octanol–water partition coefficient (Wildman–Crippen LogP) is 0.872. The number of carbonyl (C=O) groups is 1. The number of amides is 1. The quantitative estimate of drug-likeness (QED) is 0.685. The van der Waals surface area contributed by atoms with Crippen molar-refractivity contribution in [3.8, 4) is 0 Å². The molecule has 0 aromatic carbocycles. The van der Waals surface area contributed by atoms with Crippen molar-refractivity contribution in [1.29, 1.82) is 0 Å². The Morgan fingerprint density at radius 2 is 2.00 bits per heavy atom. The van der Waals surface area contributed by atoms with E-state index in [9.17, 15) is 9.90 Å². The zero-order valence-corrected chi connectivity index (χ0v) is 8.37. The van der Waals surface area contributed by atoms with Crippen LogP contribution in [0.2, 0.25) is 0 Å². The Balaban J connectivity index is 3.86. The van der Waals surface area contributed by atoms with Crippen LogP contribution in [0.5, 0.6) is 0 Å². The van der Waals surface area contributed by atoms with Crippen LogP contribution in [0, 0.1) is 5.92 Å². The lowest BCUT2D eigenvalue weighted by molar-refractivity contribution is -0.133. The van der Waals surface area contributed by atoms with Crippen LogP contribution >= 0.6 is 0 Å². The minimum atomic E-state index is -0.344. The molecule has 0 heterocycles. The first-order chi connectivity index (χ1) is 5.49. The number of aliphatic hydroxyl groups excluding tert-OH is 1. The largest absolute Gasteiger partial charge is 0.393 e. The van der Waals surface area contributed by atoms with Gasteiger partial charge in [-0.1, -0.05) is 13.8 Å². The molecule has 0 fully saturated rings. The average molecular weight is 173 g/mol. The van der Waals surface area contributed by atoms with Gasteiger partial charge in [0.2, 0.25) is 5.91 Å². The van der Waals surface area contributed by atoms with E-state index in [1.807, 2.05) is 13.8 Å². The fraction of sp³-hybridized carbons (Fsp3) is 0.889. The highest BCUT2D eigenvalue weighted by molar-refractivity contribution is 5.77. The van der Waals surface area contributed by atoms with Crippen LogP contribution in [0.15, 0.2) is 0 Å². The first-order valence-corrected chi connectivity index (χ1v) is 4.38. The average Bonchev–Trinajstić information content (AvgIpc) is 2.02. The summed E-state index contributed by atoms with van der Waals surface area (Å²) in [6.07, 6.45) is 0.933. The van der Waals surface area contributed by atoms with Crippen LogP contribution < -0.4 is 0 Å². The normalized spacial score (nSPS) is 15.4. The summed E-state index contributed by atoms with van der Waals surface area (Å²) in [5.41, 5.74) is 0. The number of hydrogen-bond acceptors (Lipinski definition) is 2. The number of aliphatic hydroxyl groups is 1. The van der Waals surface area contributed by atoms with Crippen molar-refractivity contribution < 1.29 is 9.90 Å². The minimum absolute atomic E-state index is 0.0741. The first-order valence-electron chi connectivity index (χ1n) is 4.38. The number of carbonyl (C=O) groups excluding carboxylic acids is 1. The van der Waals surface area contributed by atoms with E-state index in [4.69, 9.17) is 0 Å². The van der Waals surface area contributed by atoms with Crippen LogP contribution in [0.3, 0.4) is 0 Å². The third-order valence-corrected chi connectivity index (χ3v) is 1.96. The van der Waals surface area contributed by atoms with Crippen molar-refractivity contribution in [2.45, 2.75) is 32.8 Å². The van der Waals surface area contributed by atoms with E-state index in [1.165, 1.54) is 0 Å². The highest BCUT2D eigenvalue weighted by Crippen LogP contribution is 2.10. The van der Waals surface area contributed by atoms with E-state index < -0.39 is 0 Å². The molecule has 0 spiro atoms. The molecule has 12 heavy (non-hydrogen) atoms. The van der Waals surface area contributed by atoms with Crippen LogP contribution in [0.1, 0.15) is 26.7 Å². The molecule has 3 nitrogen and oxygen atoms in total. The van der Waals surface area contributed by atoms with Crippen molar-refractivity contribution >= 4 is 5.91 Å². The van der Waals surface area contributed by atoms with E-state index in [1.54, 1.807) is 19.0 Å². The fourth-order valence-electron chi connectivity index (χ4n) is 1.12. The predicted molar refractivity (Wildman–Crippen MR) is 48.8 cm³/mol. The smallest absolute Gasteiger partial charge is 0.224 e. The molecule has 0 aromatic rings. The lowest BCUT2D eigenvalue weighted by atomic mass is 10.0. The van der Waals surface area contributed by atoms with Crippen LogP contribution in [-0.4, -0.2) is 36.1 Å². The summed E-state index contributed by atoms with van der Waals surface area (Å²) in [4.78, 5) is 12.9. The molecule has 0 aliphatic carbocycles. The van der Waals surface area contributed by atoms with Crippen LogP contribution in [0.4, 0.5) is 0 Å². The van der Waals surface area contributed by atoms with E-state index in [-0.39, 0.29) is 17.9 Å². The molecule has 1 amide bonds. The van der Waals surface area contributed by atoms with E-state index >= 15 is 0 Å². The summed E-state index contributed by atoms with van der Waals surface area (Å²) in [6, 6.07) is 0. The van der Waals surface area contributed by atoms with Gasteiger partial charge in [0.15, 0.2) is 0 Å². The van der Waals surface area contributed by atoms with Gasteiger partial charge in [-0.15, -0.1) is 0 Å². The van der Waals surface area contributed by atoms with Gasteiger partial charge in [0.25, 0.3) is 0 Å². The molecule has 0 aliphatic heterocycles. The molecule has 0 unspecified atom stereocenters. The zero-order valence-electron chi connectivity index (χ0n) is 8.37. The molecule has 0 bridgehead atoms. The van der Waals surface area contributed by atoms with E-state index in [2.05, 4.69) is 0 Å². The van der Waals surface area contributed by atoms with Gasteiger partial charge in [0, 0.05) is 20.0 Å².